The number of hydrogen-bond acceptors (Lipinski definition) is 3. The third-order valence-corrected chi connectivity index (χ3v) is 2.96. The highest BCUT2D eigenvalue weighted by atomic mass is 16.4. The van der Waals surface area contributed by atoms with Crippen molar-refractivity contribution in [2.75, 3.05) is 6.54 Å². The number of aliphatic hydroxyl groups excluding tert-OH is 1. The first-order chi connectivity index (χ1) is 8.56. The molecular formula is C13H19N3O2. The molecule has 0 amide bonds. The van der Waals surface area contributed by atoms with Crippen LogP contribution in [-0.2, 0) is 5.72 Å². The number of rotatable bonds is 3. The number of aryl methyl sites for hydroxylation is 1. The molecule has 4 N–H and O–H groups in total. The predicted molar refractivity (Wildman–Crippen MR) is 69.9 cm³/mol. The first kappa shape index (κ1) is 12.9. The van der Waals surface area contributed by atoms with Crippen molar-refractivity contribution in [3.05, 3.63) is 35.4 Å². The zero-order chi connectivity index (χ0) is 13.2. The highest BCUT2D eigenvalue weighted by Crippen LogP contribution is 2.24. The van der Waals surface area contributed by atoms with E-state index in [1.807, 2.05) is 26.0 Å². The van der Waals surface area contributed by atoms with Crippen LogP contribution in [0.2, 0.25) is 0 Å². The summed E-state index contributed by atoms with van der Waals surface area (Å²) < 4.78 is 0. The fourth-order valence-electron chi connectivity index (χ4n) is 1.87. The Labute approximate surface area is 107 Å². The van der Waals surface area contributed by atoms with Crippen molar-refractivity contribution in [2.45, 2.75) is 32.2 Å². The van der Waals surface area contributed by atoms with Gasteiger partial charge in [-0.15, -0.1) is 0 Å². The molecule has 1 heterocycles. The largest absolute Gasteiger partial charge is 0.369 e. The van der Waals surface area contributed by atoms with Gasteiger partial charge in [0, 0.05) is 12.1 Å². The lowest BCUT2D eigenvalue weighted by atomic mass is 10.0. The third kappa shape index (κ3) is 2.32. The van der Waals surface area contributed by atoms with Gasteiger partial charge in [0.05, 0.1) is 0 Å². The molecule has 2 unspecified atom stereocenters. The van der Waals surface area contributed by atoms with Crippen LogP contribution in [0.3, 0.4) is 0 Å². The van der Waals surface area contributed by atoms with Crippen LogP contribution in [0.4, 0.5) is 0 Å². The molecule has 0 aromatic heterocycles. The van der Waals surface area contributed by atoms with Crippen molar-refractivity contribution in [2.24, 2.45) is 4.99 Å². The summed E-state index contributed by atoms with van der Waals surface area (Å²) >= 11 is 0. The van der Waals surface area contributed by atoms with Gasteiger partial charge in [0.2, 0.25) is 5.72 Å². The van der Waals surface area contributed by atoms with E-state index in [9.17, 15) is 10.2 Å². The van der Waals surface area contributed by atoms with Crippen molar-refractivity contribution in [3.63, 3.8) is 0 Å². The minimum absolute atomic E-state index is 0.424. The number of benzene rings is 1. The SMILES string of the molecule is CCCN=C1NC(O)C(O)(c2ccc(C)cc2)N1. The van der Waals surface area contributed by atoms with Crippen molar-refractivity contribution in [3.8, 4) is 0 Å². The molecule has 1 aliphatic heterocycles. The van der Waals surface area contributed by atoms with Crippen molar-refractivity contribution < 1.29 is 10.2 Å². The second-order valence-electron chi connectivity index (χ2n) is 4.53. The van der Waals surface area contributed by atoms with E-state index >= 15 is 0 Å². The first-order valence-corrected chi connectivity index (χ1v) is 6.13. The second-order valence-corrected chi connectivity index (χ2v) is 4.53. The van der Waals surface area contributed by atoms with Crippen LogP contribution in [0.25, 0.3) is 0 Å². The van der Waals surface area contributed by atoms with Gasteiger partial charge in [-0.1, -0.05) is 36.8 Å². The van der Waals surface area contributed by atoms with Crippen LogP contribution in [0, 0.1) is 6.92 Å². The van der Waals surface area contributed by atoms with Crippen molar-refractivity contribution >= 4 is 5.96 Å². The quantitative estimate of drug-likeness (QED) is 0.626. The molecule has 1 saturated heterocycles. The Hall–Kier alpha value is -1.59. The standard InChI is InChI=1S/C13H19N3O2/c1-3-8-14-12-15-11(17)13(18,16-12)10-6-4-9(2)5-7-10/h4-7,11,17-18H,3,8H2,1-2H3,(H2,14,15,16). The van der Waals surface area contributed by atoms with Crippen LogP contribution in [0.1, 0.15) is 24.5 Å². The monoisotopic (exact) mass is 249 g/mol. The number of aliphatic imine (C=N–C) groups is 1. The van der Waals surface area contributed by atoms with Gasteiger partial charge in [-0.2, -0.15) is 0 Å². The minimum atomic E-state index is -1.53. The molecule has 0 aliphatic carbocycles. The predicted octanol–water partition coefficient (Wildman–Crippen LogP) is 0.417. The number of nitrogens with one attached hydrogen (secondary N) is 2. The summed E-state index contributed by atoms with van der Waals surface area (Å²) in [5.74, 6) is 0.424. The molecule has 1 aliphatic rings. The topological polar surface area (TPSA) is 76.9 Å². The molecule has 1 aromatic carbocycles. The molecule has 2 atom stereocenters. The Kier molecular flexibility index (Phi) is 3.54. The summed E-state index contributed by atoms with van der Waals surface area (Å²) in [5.41, 5.74) is 0.178. The van der Waals surface area contributed by atoms with Crippen LogP contribution in [0.5, 0.6) is 0 Å². The molecule has 0 radical (unpaired) electrons. The Morgan fingerprint density at radius 2 is 2.00 bits per heavy atom. The van der Waals surface area contributed by atoms with E-state index in [1.54, 1.807) is 12.1 Å². The molecule has 2 rings (SSSR count). The molecule has 18 heavy (non-hydrogen) atoms. The third-order valence-electron chi connectivity index (χ3n) is 2.96. The highest BCUT2D eigenvalue weighted by Gasteiger charge is 2.44. The normalized spacial score (nSPS) is 29.1. The molecule has 0 bridgehead atoms. The fraction of sp³-hybridized carbons (Fsp3) is 0.462. The molecule has 5 heteroatoms. The first-order valence-electron chi connectivity index (χ1n) is 6.13. The lowest BCUT2D eigenvalue weighted by molar-refractivity contribution is -0.0804. The summed E-state index contributed by atoms with van der Waals surface area (Å²) in [6.45, 7) is 4.63. The van der Waals surface area contributed by atoms with E-state index in [0.29, 0.717) is 18.1 Å². The molecule has 1 aromatic rings. The van der Waals surface area contributed by atoms with E-state index < -0.39 is 12.0 Å². The van der Waals surface area contributed by atoms with Gasteiger partial charge in [0.1, 0.15) is 0 Å². The van der Waals surface area contributed by atoms with E-state index in [4.69, 9.17) is 0 Å². The van der Waals surface area contributed by atoms with Gasteiger partial charge in [0.25, 0.3) is 0 Å². The molecular weight excluding hydrogens is 230 g/mol. The van der Waals surface area contributed by atoms with Crippen LogP contribution >= 0.6 is 0 Å². The fourth-order valence-corrected chi connectivity index (χ4v) is 1.87. The van der Waals surface area contributed by atoms with Crippen LogP contribution < -0.4 is 10.6 Å². The molecule has 0 spiro atoms. The van der Waals surface area contributed by atoms with Crippen LogP contribution in [0.15, 0.2) is 29.3 Å². The van der Waals surface area contributed by atoms with Gasteiger partial charge in [-0.25, -0.2) is 0 Å². The zero-order valence-corrected chi connectivity index (χ0v) is 10.6. The molecule has 1 fully saturated rings. The number of nitrogens with zero attached hydrogens (tertiary/aromatic N) is 1. The summed E-state index contributed by atoms with van der Waals surface area (Å²) in [4.78, 5) is 4.21. The number of aliphatic hydroxyl groups is 2. The van der Waals surface area contributed by atoms with E-state index in [1.165, 1.54) is 0 Å². The molecule has 5 nitrogen and oxygen atoms in total. The van der Waals surface area contributed by atoms with Gasteiger partial charge in [-0.05, 0) is 13.3 Å². The Bertz CT molecular complexity index is 444. The average Bonchev–Trinajstić information content (AvgIpc) is 2.64. The van der Waals surface area contributed by atoms with Gasteiger partial charge >= 0.3 is 0 Å². The van der Waals surface area contributed by atoms with Gasteiger partial charge < -0.3 is 20.8 Å². The minimum Gasteiger partial charge on any atom is -0.369 e. The summed E-state index contributed by atoms with van der Waals surface area (Å²) in [6.07, 6.45) is -0.206. The van der Waals surface area contributed by atoms with E-state index in [-0.39, 0.29) is 0 Å². The van der Waals surface area contributed by atoms with Crippen LogP contribution in [-0.4, -0.2) is 28.9 Å². The molecule has 98 valence electrons. The average molecular weight is 249 g/mol. The number of hydrogen-bond donors (Lipinski definition) is 4. The van der Waals surface area contributed by atoms with Crippen molar-refractivity contribution in [1.82, 2.24) is 10.6 Å². The zero-order valence-electron chi connectivity index (χ0n) is 10.6. The molecule has 0 saturated carbocycles. The van der Waals surface area contributed by atoms with E-state index in [0.717, 1.165) is 12.0 Å². The van der Waals surface area contributed by atoms with Gasteiger partial charge in [0.15, 0.2) is 12.2 Å². The lowest BCUT2D eigenvalue weighted by Gasteiger charge is -2.25. The smallest absolute Gasteiger partial charge is 0.210 e. The Morgan fingerprint density at radius 3 is 2.61 bits per heavy atom. The summed E-state index contributed by atoms with van der Waals surface area (Å²) in [5, 5.41) is 26.0. The summed E-state index contributed by atoms with van der Waals surface area (Å²) in [7, 11) is 0. The maximum Gasteiger partial charge on any atom is 0.210 e. The number of guanidine groups is 1. The van der Waals surface area contributed by atoms with E-state index in [2.05, 4.69) is 15.6 Å². The Balaban J connectivity index is 2.23. The van der Waals surface area contributed by atoms with Crippen molar-refractivity contribution in [1.29, 1.82) is 0 Å². The maximum atomic E-state index is 10.5. The maximum absolute atomic E-state index is 10.5. The lowest BCUT2D eigenvalue weighted by Crippen LogP contribution is -2.46. The Morgan fingerprint density at radius 1 is 1.33 bits per heavy atom. The second kappa shape index (κ2) is 4.96. The summed E-state index contributed by atoms with van der Waals surface area (Å²) in [6, 6.07) is 7.36. The van der Waals surface area contributed by atoms with Gasteiger partial charge in [-0.3, -0.25) is 4.99 Å². The highest BCUT2D eigenvalue weighted by molar-refractivity contribution is 5.83.